The van der Waals surface area contributed by atoms with Gasteiger partial charge in [0.05, 0.1) is 6.54 Å². The van der Waals surface area contributed by atoms with Crippen molar-refractivity contribution in [3.8, 4) is 0 Å². The van der Waals surface area contributed by atoms with Gasteiger partial charge in [0, 0.05) is 31.1 Å². The summed E-state index contributed by atoms with van der Waals surface area (Å²) in [5, 5.41) is 6.16. The fourth-order valence-electron chi connectivity index (χ4n) is 2.11. The van der Waals surface area contributed by atoms with Gasteiger partial charge in [-0.3, -0.25) is 4.79 Å². The third-order valence-electron chi connectivity index (χ3n) is 3.30. The molecule has 1 aromatic heterocycles. The first kappa shape index (κ1) is 15.5. The van der Waals surface area contributed by atoms with Crippen LogP contribution in [-0.2, 0) is 10.2 Å². The van der Waals surface area contributed by atoms with Crippen molar-refractivity contribution in [3.63, 3.8) is 0 Å². The van der Waals surface area contributed by atoms with E-state index in [9.17, 15) is 4.79 Å². The van der Waals surface area contributed by atoms with Crippen LogP contribution in [-0.4, -0.2) is 42.1 Å². The molecule has 0 atom stereocenters. The number of carbonyl (C=O) groups excluding carboxylic acids is 1. The van der Waals surface area contributed by atoms with Gasteiger partial charge in [-0.15, -0.1) is 0 Å². The summed E-state index contributed by atoms with van der Waals surface area (Å²) >= 11 is 0. The van der Waals surface area contributed by atoms with Gasteiger partial charge in [-0.2, -0.15) is 0 Å². The van der Waals surface area contributed by atoms with Crippen LogP contribution in [0.25, 0.3) is 0 Å². The monoisotopic (exact) mass is 291 g/mol. The fourth-order valence-corrected chi connectivity index (χ4v) is 2.11. The Labute approximate surface area is 126 Å². The Kier molecular flexibility index (Phi) is 4.65. The molecule has 1 saturated heterocycles. The summed E-state index contributed by atoms with van der Waals surface area (Å²) in [5.74, 6) is 2.49. The molecule has 6 heteroatoms. The molecule has 1 aliphatic heterocycles. The van der Waals surface area contributed by atoms with Crippen molar-refractivity contribution < 1.29 is 4.79 Å². The lowest BCUT2D eigenvalue weighted by Gasteiger charge is -2.29. The molecule has 0 aromatic carbocycles. The van der Waals surface area contributed by atoms with E-state index in [2.05, 4.69) is 48.3 Å². The number of rotatable bonds is 4. The topological polar surface area (TPSA) is 70.2 Å². The molecule has 2 rings (SSSR count). The average molecular weight is 291 g/mol. The van der Waals surface area contributed by atoms with Gasteiger partial charge in [0.2, 0.25) is 5.91 Å². The molecule has 2 N–H and O–H groups in total. The Morgan fingerprint density at radius 3 is 2.76 bits per heavy atom. The maximum absolute atomic E-state index is 11.6. The lowest BCUT2D eigenvalue weighted by atomic mass is 9.96. The number of hydrogen-bond donors (Lipinski definition) is 2. The van der Waals surface area contributed by atoms with E-state index < -0.39 is 0 Å². The molecule has 1 aromatic rings. The molecule has 1 amide bonds. The molecule has 0 bridgehead atoms. The van der Waals surface area contributed by atoms with Crippen LogP contribution in [0.2, 0.25) is 0 Å². The second kappa shape index (κ2) is 6.28. The second-order valence-electron chi connectivity index (χ2n) is 6.38. The number of carbonyl (C=O) groups is 1. The Hall–Kier alpha value is -1.85. The van der Waals surface area contributed by atoms with Crippen molar-refractivity contribution >= 4 is 17.5 Å². The number of nitrogens with zero attached hydrogens (tertiary/aromatic N) is 3. The molecule has 1 fully saturated rings. The average Bonchev–Trinajstić information content (AvgIpc) is 2.44. The summed E-state index contributed by atoms with van der Waals surface area (Å²) in [7, 11) is 0. The van der Waals surface area contributed by atoms with E-state index in [4.69, 9.17) is 0 Å². The van der Waals surface area contributed by atoms with E-state index in [1.165, 1.54) is 0 Å². The van der Waals surface area contributed by atoms with E-state index in [1.54, 1.807) is 0 Å². The van der Waals surface area contributed by atoms with Crippen molar-refractivity contribution in [1.82, 2.24) is 15.3 Å². The van der Waals surface area contributed by atoms with Gasteiger partial charge in [0.15, 0.2) is 0 Å². The number of anilines is 2. The van der Waals surface area contributed by atoms with Crippen LogP contribution < -0.4 is 15.5 Å². The predicted molar refractivity (Wildman–Crippen MR) is 84.7 cm³/mol. The first-order chi connectivity index (χ1) is 9.90. The van der Waals surface area contributed by atoms with E-state index in [-0.39, 0.29) is 11.3 Å². The lowest BCUT2D eigenvalue weighted by molar-refractivity contribution is -0.120. The largest absolute Gasteiger partial charge is 0.370 e. The Morgan fingerprint density at radius 1 is 1.38 bits per heavy atom. The van der Waals surface area contributed by atoms with E-state index in [1.807, 2.05) is 11.0 Å². The maximum atomic E-state index is 11.6. The first-order valence-electron chi connectivity index (χ1n) is 7.55. The smallest absolute Gasteiger partial charge is 0.239 e. The molecule has 21 heavy (non-hydrogen) atoms. The minimum absolute atomic E-state index is 0.0419. The van der Waals surface area contributed by atoms with Gasteiger partial charge < -0.3 is 15.5 Å². The minimum atomic E-state index is -0.128. The minimum Gasteiger partial charge on any atom is -0.370 e. The zero-order valence-electron chi connectivity index (χ0n) is 13.4. The molecular formula is C15H25N5O. The summed E-state index contributed by atoms with van der Waals surface area (Å²) in [6.07, 6.45) is 1.04. The van der Waals surface area contributed by atoms with Gasteiger partial charge in [-0.1, -0.05) is 27.7 Å². The quantitative estimate of drug-likeness (QED) is 0.880. The highest BCUT2D eigenvalue weighted by Crippen LogP contribution is 2.24. The number of hydrogen-bond acceptors (Lipinski definition) is 5. The molecule has 2 heterocycles. The summed E-state index contributed by atoms with van der Waals surface area (Å²) in [4.78, 5) is 22.9. The lowest BCUT2D eigenvalue weighted by Crippen LogP contribution is -2.48. The fraction of sp³-hybridized carbons (Fsp3) is 0.667. The number of amides is 1. The van der Waals surface area contributed by atoms with Crippen LogP contribution in [0.15, 0.2) is 6.07 Å². The molecule has 0 spiro atoms. The number of aromatic nitrogens is 2. The van der Waals surface area contributed by atoms with Crippen molar-refractivity contribution in [3.05, 3.63) is 11.9 Å². The van der Waals surface area contributed by atoms with Gasteiger partial charge in [0.1, 0.15) is 17.5 Å². The van der Waals surface area contributed by atoms with E-state index >= 15 is 0 Å². The van der Waals surface area contributed by atoms with Crippen LogP contribution >= 0.6 is 0 Å². The third kappa shape index (κ3) is 4.06. The van der Waals surface area contributed by atoms with E-state index in [0.29, 0.717) is 13.1 Å². The van der Waals surface area contributed by atoms with Crippen LogP contribution in [0.5, 0.6) is 0 Å². The summed E-state index contributed by atoms with van der Waals surface area (Å²) < 4.78 is 0. The van der Waals surface area contributed by atoms with Crippen LogP contribution in [0.1, 0.15) is 39.9 Å². The van der Waals surface area contributed by atoms with Gasteiger partial charge in [-0.25, -0.2) is 9.97 Å². The number of piperazine rings is 1. The van der Waals surface area contributed by atoms with Crippen molar-refractivity contribution in [2.24, 2.45) is 0 Å². The van der Waals surface area contributed by atoms with E-state index in [0.717, 1.165) is 37.0 Å². The SMILES string of the molecule is CCCNc1cc(N2CCNC(=O)C2)nc(C(C)(C)C)n1. The standard InChI is InChI=1S/C15H25N5O/c1-5-6-16-11-9-12(19-14(18-11)15(2,3)4)20-8-7-17-13(21)10-20/h9H,5-8,10H2,1-4H3,(H,17,21)(H,16,18,19). The molecular weight excluding hydrogens is 266 g/mol. The van der Waals surface area contributed by atoms with Crippen molar-refractivity contribution in [1.29, 1.82) is 0 Å². The van der Waals surface area contributed by atoms with Crippen LogP contribution in [0.3, 0.4) is 0 Å². The van der Waals surface area contributed by atoms with Crippen molar-refractivity contribution in [2.75, 3.05) is 36.4 Å². The first-order valence-corrected chi connectivity index (χ1v) is 7.55. The molecule has 6 nitrogen and oxygen atoms in total. The highest BCUT2D eigenvalue weighted by Gasteiger charge is 2.23. The summed E-state index contributed by atoms with van der Waals surface area (Å²) in [6, 6.07) is 1.93. The zero-order chi connectivity index (χ0) is 15.5. The summed E-state index contributed by atoms with van der Waals surface area (Å²) in [5.41, 5.74) is -0.128. The van der Waals surface area contributed by atoms with Crippen LogP contribution in [0, 0.1) is 0 Å². The normalized spacial score (nSPS) is 15.8. The molecule has 0 radical (unpaired) electrons. The van der Waals surface area contributed by atoms with Crippen molar-refractivity contribution in [2.45, 2.75) is 39.5 Å². The zero-order valence-corrected chi connectivity index (χ0v) is 13.4. The van der Waals surface area contributed by atoms with Gasteiger partial charge in [-0.05, 0) is 6.42 Å². The highest BCUT2D eigenvalue weighted by atomic mass is 16.2. The van der Waals surface area contributed by atoms with Gasteiger partial charge in [0.25, 0.3) is 0 Å². The molecule has 0 aliphatic carbocycles. The Bertz CT molecular complexity index is 509. The second-order valence-corrected chi connectivity index (χ2v) is 6.38. The third-order valence-corrected chi connectivity index (χ3v) is 3.30. The maximum Gasteiger partial charge on any atom is 0.239 e. The highest BCUT2D eigenvalue weighted by molar-refractivity contribution is 5.82. The van der Waals surface area contributed by atoms with Crippen LogP contribution in [0.4, 0.5) is 11.6 Å². The van der Waals surface area contributed by atoms with Gasteiger partial charge >= 0.3 is 0 Å². The Balaban J connectivity index is 2.32. The number of nitrogens with one attached hydrogen (secondary N) is 2. The Morgan fingerprint density at radius 2 is 2.14 bits per heavy atom. The molecule has 116 valence electrons. The molecule has 0 unspecified atom stereocenters. The summed E-state index contributed by atoms with van der Waals surface area (Å²) in [6.45, 7) is 11.1. The molecule has 1 aliphatic rings. The molecule has 0 saturated carbocycles. The predicted octanol–water partition coefficient (Wildman–Crippen LogP) is 1.53.